The van der Waals surface area contributed by atoms with E-state index < -0.39 is 12.1 Å². The zero-order chi connectivity index (χ0) is 18.8. The van der Waals surface area contributed by atoms with Gasteiger partial charge in [0.1, 0.15) is 23.0 Å². The van der Waals surface area contributed by atoms with Gasteiger partial charge >= 0.3 is 5.97 Å². The van der Waals surface area contributed by atoms with E-state index >= 15 is 0 Å². The SMILES string of the molecule is C[C@H](OC(=O)c1cc2c(s1)-c1ccccc1OC2)C(=O)NCc1ccco1. The topological polar surface area (TPSA) is 77.8 Å². The quantitative estimate of drug-likeness (QED) is 0.679. The van der Waals surface area contributed by atoms with Crippen molar-refractivity contribution in [2.24, 2.45) is 0 Å². The number of furan rings is 1. The van der Waals surface area contributed by atoms with Crippen LogP contribution in [0.1, 0.15) is 27.9 Å². The maximum atomic E-state index is 12.5. The monoisotopic (exact) mass is 383 g/mol. The molecule has 138 valence electrons. The van der Waals surface area contributed by atoms with Crippen LogP contribution in [0.2, 0.25) is 0 Å². The largest absolute Gasteiger partial charge is 0.488 e. The first-order chi connectivity index (χ1) is 13.1. The van der Waals surface area contributed by atoms with E-state index in [1.165, 1.54) is 17.6 Å². The van der Waals surface area contributed by atoms with E-state index in [0.29, 0.717) is 17.2 Å². The molecule has 2 aromatic heterocycles. The summed E-state index contributed by atoms with van der Waals surface area (Å²) in [6.45, 7) is 2.20. The number of para-hydroxylation sites is 1. The van der Waals surface area contributed by atoms with E-state index in [4.69, 9.17) is 13.9 Å². The number of ether oxygens (including phenoxy) is 2. The van der Waals surface area contributed by atoms with Gasteiger partial charge in [-0.3, -0.25) is 4.79 Å². The Labute approximate surface area is 159 Å². The second-order valence-electron chi connectivity index (χ2n) is 6.09. The molecule has 6 nitrogen and oxygen atoms in total. The van der Waals surface area contributed by atoms with Gasteiger partial charge in [-0.25, -0.2) is 4.79 Å². The molecule has 4 rings (SSSR count). The molecule has 1 aliphatic heterocycles. The Morgan fingerprint density at radius 2 is 2.11 bits per heavy atom. The van der Waals surface area contributed by atoms with Crippen LogP contribution in [0, 0.1) is 0 Å². The molecule has 0 radical (unpaired) electrons. The summed E-state index contributed by atoms with van der Waals surface area (Å²) in [7, 11) is 0. The van der Waals surface area contributed by atoms with Gasteiger partial charge in [-0.1, -0.05) is 12.1 Å². The van der Waals surface area contributed by atoms with Gasteiger partial charge < -0.3 is 19.2 Å². The lowest BCUT2D eigenvalue weighted by Gasteiger charge is -2.16. The highest BCUT2D eigenvalue weighted by Gasteiger charge is 2.25. The van der Waals surface area contributed by atoms with E-state index in [1.54, 1.807) is 25.1 Å². The van der Waals surface area contributed by atoms with Crippen molar-refractivity contribution in [2.75, 3.05) is 0 Å². The van der Waals surface area contributed by atoms with Gasteiger partial charge in [-0.15, -0.1) is 11.3 Å². The van der Waals surface area contributed by atoms with Gasteiger partial charge in [0.2, 0.25) is 0 Å². The molecule has 7 heteroatoms. The highest BCUT2D eigenvalue weighted by molar-refractivity contribution is 7.17. The number of fused-ring (bicyclic) bond motifs is 3. The highest BCUT2D eigenvalue weighted by atomic mass is 32.1. The predicted molar refractivity (Wildman–Crippen MR) is 99.5 cm³/mol. The van der Waals surface area contributed by atoms with E-state index in [2.05, 4.69) is 5.32 Å². The molecule has 1 aliphatic rings. The number of thiophene rings is 1. The van der Waals surface area contributed by atoms with Crippen molar-refractivity contribution in [1.29, 1.82) is 0 Å². The van der Waals surface area contributed by atoms with Gasteiger partial charge in [0.15, 0.2) is 6.10 Å². The van der Waals surface area contributed by atoms with Crippen LogP contribution in [-0.4, -0.2) is 18.0 Å². The van der Waals surface area contributed by atoms with Crippen LogP contribution in [0.4, 0.5) is 0 Å². The third-order valence-electron chi connectivity index (χ3n) is 4.20. The second kappa shape index (κ2) is 7.28. The molecular weight excluding hydrogens is 366 g/mol. The van der Waals surface area contributed by atoms with E-state index in [0.717, 1.165) is 21.8 Å². The molecule has 3 heterocycles. The van der Waals surface area contributed by atoms with Crippen LogP contribution in [0.15, 0.2) is 53.1 Å². The minimum Gasteiger partial charge on any atom is -0.488 e. The highest BCUT2D eigenvalue weighted by Crippen LogP contribution is 2.42. The van der Waals surface area contributed by atoms with Gasteiger partial charge in [0.05, 0.1) is 12.8 Å². The van der Waals surface area contributed by atoms with E-state index in [9.17, 15) is 9.59 Å². The maximum absolute atomic E-state index is 12.5. The lowest BCUT2D eigenvalue weighted by atomic mass is 10.1. The van der Waals surface area contributed by atoms with Crippen LogP contribution in [0.5, 0.6) is 5.75 Å². The number of hydrogen-bond acceptors (Lipinski definition) is 6. The summed E-state index contributed by atoms with van der Waals surface area (Å²) in [6.07, 6.45) is 0.626. The Kier molecular flexibility index (Phi) is 4.68. The summed E-state index contributed by atoms with van der Waals surface area (Å²) in [5.41, 5.74) is 1.91. The fourth-order valence-corrected chi connectivity index (χ4v) is 3.88. The summed E-state index contributed by atoms with van der Waals surface area (Å²) < 4.78 is 16.2. The average Bonchev–Trinajstić information content (AvgIpc) is 3.35. The van der Waals surface area contributed by atoms with Crippen molar-refractivity contribution in [3.8, 4) is 16.2 Å². The fraction of sp³-hybridized carbons (Fsp3) is 0.200. The number of rotatable bonds is 5. The summed E-state index contributed by atoms with van der Waals surface area (Å²) in [5.74, 6) is 0.534. The van der Waals surface area contributed by atoms with Crippen molar-refractivity contribution in [3.05, 3.63) is 64.9 Å². The summed E-state index contributed by atoms with van der Waals surface area (Å²) >= 11 is 1.35. The molecule has 0 spiro atoms. The molecular formula is C20H17NO5S. The summed E-state index contributed by atoms with van der Waals surface area (Å²) in [4.78, 5) is 26.0. The van der Waals surface area contributed by atoms with Crippen molar-refractivity contribution in [1.82, 2.24) is 5.32 Å². The number of nitrogens with one attached hydrogen (secondary N) is 1. The lowest BCUT2D eigenvalue weighted by Crippen LogP contribution is -2.35. The fourth-order valence-electron chi connectivity index (χ4n) is 2.80. The van der Waals surface area contributed by atoms with Gasteiger partial charge in [0, 0.05) is 16.0 Å². The first-order valence-electron chi connectivity index (χ1n) is 8.48. The van der Waals surface area contributed by atoms with Crippen molar-refractivity contribution in [3.63, 3.8) is 0 Å². The van der Waals surface area contributed by atoms with Crippen LogP contribution < -0.4 is 10.1 Å². The number of esters is 1. The number of benzene rings is 1. The smallest absolute Gasteiger partial charge is 0.349 e. The van der Waals surface area contributed by atoms with Crippen molar-refractivity contribution < 1.29 is 23.5 Å². The Hall–Kier alpha value is -3.06. The first-order valence-corrected chi connectivity index (χ1v) is 9.29. The number of amides is 1. The molecule has 0 aliphatic carbocycles. The minimum absolute atomic E-state index is 0.245. The number of carbonyl (C=O) groups is 2. The van der Waals surface area contributed by atoms with E-state index in [1.807, 2.05) is 24.3 Å². The molecule has 0 bridgehead atoms. The van der Waals surface area contributed by atoms with Crippen LogP contribution in [-0.2, 0) is 22.7 Å². The predicted octanol–water partition coefficient (Wildman–Crippen LogP) is 3.76. The van der Waals surface area contributed by atoms with Gasteiger partial charge in [0.25, 0.3) is 5.91 Å². The number of carbonyl (C=O) groups excluding carboxylic acids is 2. The van der Waals surface area contributed by atoms with Gasteiger partial charge in [-0.05, 0) is 37.3 Å². The molecule has 0 fully saturated rings. The van der Waals surface area contributed by atoms with Crippen LogP contribution in [0.3, 0.4) is 0 Å². The van der Waals surface area contributed by atoms with Crippen LogP contribution in [0.25, 0.3) is 10.4 Å². The summed E-state index contributed by atoms with van der Waals surface area (Å²) in [5, 5.41) is 2.68. The van der Waals surface area contributed by atoms with E-state index in [-0.39, 0.29) is 12.5 Å². The van der Waals surface area contributed by atoms with Crippen LogP contribution >= 0.6 is 11.3 Å². The molecule has 1 atom stereocenters. The zero-order valence-electron chi connectivity index (χ0n) is 14.6. The lowest BCUT2D eigenvalue weighted by molar-refractivity contribution is -0.129. The Morgan fingerprint density at radius 1 is 1.26 bits per heavy atom. The maximum Gasteiger partial charge on any atom is 0.349 e. The zero-order valence-corrected chi connectivity index (χ0v) is 15.4. The molecule has 0 saturated carbocycles. The number of hydrogen-bond donors (Lipinski definition) is 1. The van der Waals surface area contributed by atoms with Crippen molar-refractivity contribution >= 4 is 23.2 Å². The molecule has 0 unspecified atom stereocenters. The normalized spacial score (nSPS) is 13.1. The Morgan fingerprint density at radius 3 is 2.93 bits per heavy atom. The standard InChI is InChI=1S/C20H17NO5S/c1-12(19(22)21-10-14-5-4-8-24-14)26-20(23)17-9-13-11-25-16-7-3-2-6-15(16)18(13)27-17/h2-9,12H,10-11H2,1H3,(H,21,22)/t12-/m0/s1. The average molecular weight is 383 g/mol. The molecule has 3 aromatic rings. The minimum atomic E-state index is -0.907. The molecule has 0 saturated heterocycles. The third-order valence-corrected chi connectivity index (χ3v) is 5.39. The first kappa shape index (κ1) is 17.4. The summed E-state index contributed by atoms with van der Waals surface area (Å²) in [6, 6.07) is 13.0. The second-order valence-corrected chi connectivity index (χ2v) is 7.15. The molecule has 1 amide bonds. The Balaban J connectivity index is 1.42. The third kappa shape index (κ3) is 3.59. The van der Waals surface area contributed by atoms with Crippen molar-refractivity contribution in [2.45, 2.75) is 26.2 Å². The Bertz CT molecular complexity index is 976. The molecule has 1 aromatic carbocycles. The molecule has 1 N–H and O–H groups in total. The molecule has 27 heavy (non-hydrogen) atoms. The van der Waals surface area contributed by atoms with Gasteiger partial charge in [-0.2, -0.15) is 0 Å².